The Morgan fingerprint density at radius 2 is 1.63 bits per heavy atom. The third-order valence-electron chi connectivity index (χ3n) is 6.98. The Hall–Kier alpha value is -2.46. The molecule has 35 heavy (non-hydrogen) atoms. The molecule has 3 nitrogen and oxygen atoms in total. The maximum Gasteiger partial charge on any atom is 0.256 e. The first-order valence-corrected chi connectivity index (χ1v) is 13.2. The molecule has 1 heterocycles. The van der Waals surface area contributed by atoms with E-state index in [0.717, 1.165) is 22.0 Å². The van der Waals surface area contributed by atoms with Crippen molar-refractivity contribution in [2.75, 3.05) is 6.54 Å². The number of benzene rings is 3. The number of carbonyl (C=O) groups is 1. The fourth-order valence-electron chi connectivity index (χ4n) is 5.06. The molecule has 3 aromatic carbocycles. The van der Waals surface area contributed by atoms with E-state index in [4.69, 9.17) is 34.8 Å². The molecule has 0 atom stereocenters. The summed E-state index contributed by atoms with van der Waals surface area (Å²) in [6.45, 7) is 1.05. The number of H-pyrrole nitrogens is 1. The van der Waals surface area contributed by atoms with Crippen molar-refractivity contribution in [3.8, 4) is 0 Å². The molecule has 0 unspecified atom stereocenters. The van der Waals surface area contributed by atoms with Gasteiger partial charge in [-0.1, -0.05) is 78.0 Å². The van der Waals surface area contributed by atoms with Gasteiger partial charge in [-0.25, -0.2) is 0 Å². The van der Waals surface area contributed by atoms with Gasteiger partial charge in [0.2, 0.25) is 0 Å². The van der Waals surface area contributed by atoms with Gasteiger partial charge in [-0.3, -0.25) is 4.79 Å². The fraction of sp³-hybridized carbons (Fsp3) is 0.276. The predicted octanol–water partition coefficient (Wildman–Crippen LogP) is 8.67. The average molecular weight is 526 g/mol. The van der Waals surface area contributed by atoms with Gasteiger partial charge in [0.05, 0.1) is 21.1 Å². The second-order valence-electron chi connectivity index (χ2n) is 9.34. The molecular formula is C29H27Cl3N2O. The van der Waals surface area contributed by atoms with Gasteiger partial charge in [0.25, 0.3) is 5.91 Å². The van der Waals surface area contributed by atoms with Crippen LogP contribution in [0.5, 0.6) is 0 Å². The predicted molar refractivity (Wildman–Crippen MR) is 146 cm³/mol. The second kappa shape index (κ2) is 10.7. The van der Waals surface area contributed by atoms with Crippen LogP contribution in [0.3, 0.4) is 0 Å². The summed E-state index contributed by atoms with van der Waals surface area (Å²) in [5.41, 5.74) is 4.93. The van der Waals surface area contributed by atoms with Gasteiger partial charge >= 0.3 is 0 Å². The molecule has 0 saturated heterocycles. The summed E-state index contributed by atoms with van der Waals surface area (Å²) in [6.07, 6.45) is 7.67. The van der Waals surface area contributed by atoms with Crippen LogP contribution in [0, 0.1) is 0 Å². The number of nitrogens with zero attached hydrogens (tertiary/aromatic N) is 1. The van der Waals surface area contributed by atoms with Gasteiger partial charge in [0.15, 0.2) is 0 Å². The summed E-state index contributed by atoms with van der Waals surface area (Å²) < 4.78 is 0. The minimum absolute atomic E-state index is 0.0557. The normalized spacial score (nSPS) is 14.0. The number of carbonyl (C=O) groups excluding carboxylic acids is 1. The average Bonchev–Trinajstić information content (AvgIpc) is 3.56. The van der Waals surface area contributed by atoms with E-state index in [1.54, 1.807) is 12.1 Å². The SMILES string of the molecule is O=C(c1cc(Cl)cc2cc[nH]c12)N(CCc1ccc(Cl)c(Cl)c1)Cc1ccc(C2CCCC2)cc1. The lowest BCUT2D eigenvalue weighted by Crippen LogP contribution is -2.32. The van der Waals surface area contributed by atoms with Crippen LogP contribution in [0.1, 0.15) is 58.6 Å². The Bertz CT molecular complexity index is 1340. The Balaban J connectivity index is 1.41. The van der Waals surface area contributed by atoms with Crippen LogP contribution in [0.4, 0.5) is 0 Å². The lowest BCUT2D eigenvalue weighted by molar-refractivity contribution is 0.0747. The largest absolute Gasteiger partial charge is 0.361 e. The van der Waals surface area contributed by atoms with E-state index in [2.05, 4.69) is 29.2 Å². The van der Waals surface area contributed by atoms with Crippen LogP contribution in [0.25, 0.3) is 10.9 Å². The first kappa shape index (κ1) is 24.2. The Labute approximate surface area is 221 Å². The maximum absolute atomic E-state index is 13.8. The summed E-state index contributed by atoms with van der Waals surface area (Å²) >= 11 is 18.7. The van der Waals surface area contributed by atoms with E-state index < -0.39 is 0 Å². The molecule has 1 aliphatic carbocycles. The van der Waals surface area contributed by atoms with Crippen LogP contribution >= 0.6 is 34.8 Å². The van der Waals surface area contributed by atoms with Crippen molar-refractivity contribution in [1.82, 2.24) is 9.88 Å². The van der Waals surface area contributed by atoms with E-state index in [1.807, 2.05) is 35.4 Å². The molecule has 1 N–H and O–H groups in total. The Morgan fingerprint density at radius 3 is 2.37 bits per heavy atom. The lowest BCUT2D eigenvalue weighted by Gasteiger charge is -2.24. The summed E-state index contributed by atoms with van der Waals surface area (Å²) in [4.78, 5) is 18.9. The molecule has 1 amide bonds. The second-order valence-corrected chi connectivity index (χ2v) is 10.6. The smallest absolute Gasteiger partial charge is 0.256 e. The molecule has 1 aliphatic rings. The van der Waals surface area contributed by atoms with Crippen molar-refractivity contribution in [3.05, 3.63) is 104 Å². The molecule has 4 aromatic rings. The number of halogens is 3. The summed E-state index contributed by atoms with van der Waals surface area (Å²) in [6, 6.07) is 20.0. The Kier molecular flexibility index (Phi) is 7.38. The van der Waals surface area contributed by atoms with Gasteiger partial charge in [0, 0.05) is 29.7 Å². The van der Waals surface area contributed by atoms with Crippen LogP contribution < -0.4 is 0 Å². The van der Waals surface area contributed by atoms with E-state index in [0.29, 0.717) is 46.1 Å². The van der Waals surface area contributed by atoms with Crippen LogP contribution in [-0.4, -0.2) is 22.3 Å². The highest BCUT2D eigenvalue weighted by molar-refractivity contribution is 6.42. The standard InChI is InChI=1S/C29H27Cl3N2O/c30-24-16-23-11-13-33-28(23)25(17-24)29(35)34(14-12-19-7-10-26(31)27(32)15-19)18-20-5-8-22(9-6-20)21-3-1-2-4-21/h5-11,13,15-17,21,33H,1-4,12,14,18H2. The highest BCUT2D eigenvalue weighted by Crippen LogP contribution is 2.34. The Morgan fingerprint density at radius 1 is 0.886 bits per heavy atom. The topological polar surface area (TPSA) is 36.1 Å². The highest BCUT2D eigenvalue weighted by atomic mass is 35.5. The molecule has 5 rings (SSSR count). The summed E-state index contributed by atoms with van der Waals surface area (Å²) in [5, 5.41) is 2.52. The van der Waals surface area contributed by atoms with Gasteiger partial charge in [0.1, 0.15) is 0 Å². The molecule has 180 valence electrons. The van der Waals surface area contributed by atoms with Crippen LogP contribution in [0.2, 0.25) is 15.1 Å². The number of hydrogen-bond donors (Lipinski definition) is 1. The first-order valence-electron chi connectivity index (χ1n) is 12.1. The van der Waals surface area contributed by atoms with E-state index in [1.165, 1.54) is 31.2 Å². The van der Waals surface area contributed by atoms with Crippen LogP contribution in [-0.2, 0) is 13.0 Å². The number of aromatic nitrogens is 1. The number of aromatic amines is 1. The summed E-state index contributed by atoms with van der Waals surface area (Å²) in [5.74, 6) is 0.615. The third-order valence-corrected chi connectivity index (χ3v) is 7.93. The molecule has 1 saturated carbocycles. The number of hydrogen-bond acceptors (Lipinski definition) is 1. The van der Waals surface area contributed by atoms with Crippen molar-refractivity contribution in [3.63, 3.8) is 0 Å². The number of fused-ring (bicyclic) bond motifs is 1. The highest BCUT2D eigenvalue weighted by Gasteiger charge is 2.21. The first-order chi connectivity index (χ1) is 17.0. The molecule has 1 fully saturated rings. The fourth-order valence-corrected chi connectivity index (χ4v) is 5.61. The zero-order valence-corrected chi connectivity index (χ0v) is 21.6. The number of nitrogens with one attached hydrogen (secondary N) is 1. The third kappa shape index (κ3) is 5.53. The van der Waals surface area contributed by atoms with Crippen molar-refractivity contribution >= 4 is 51.6 Å². The van der Waals surface area contributed by atoms with Gasteiger partial charge in [-0.2, -0.15) is 0 Å². The van der Waals surface area contributed by atoms with Crippen molar-refractivity contribution < 1.29 is 4.79 Å². The van der Waals surface area contributed by atoms with Gasteiger partial charge < -0.3 is 9.88 Å². The van der Waals surface area contributed by atoms with E-state index in [9.17, 15) is 4.79 Å². The zero-order chi connectivity index (χ0) is 24.4. The molecular weight excluding hydrogens is 499 g/mol. The van der Waals surface area contributed by atoms with Gasteiger partial charge in [-0.15, -0.1) is 0 Å². The van der Waals surface area contributed by atoms with Gasteiger partial charge in [-0.05, 0) is 72.2 Å². The van der Waals surface area contributed by atoms with Crippen molar-refractivity contribution in [2.45, 2.75) is 44.6 Å². The van der Waals surface area contributed by atoms with E-state index >= 15 is 0 Å². The number of amides is 1. The quantitative estimate of drug-likeness (QED) is 0.257. The minimum Gasteiger partial charge on any atom is -0.361 e. The molecule has 0 aliphatic heterocycles. The monoisotopic (exact) mass is 524 g/mol. The van der Waals surface area contributed by atoms with Crippen molar-refractivity contribution in [1.29, 1.82) is 0 Å². The molecule has 0 spiro atoms. The summed E-state index contributed by atoms with van der Waals surface area (Å²) in [7, 11) is 0. The van der Waals surface area contributed by atoms with Crippen molar-refractivity contribution in [2.24, 2.45) is 0 Å². The molecule has 6 heteroatoms. The molecule has 0 radical (unpaired) electrons. The molecule has 1 aromatic heterocycles. The molecule has 0 bridgehead atoms. The maximum atomic E-state index is 13.8. The van der Waals surface area contributed by atoms with Crippen LogP contribution in [0.15, 0.2) is 66.9 Å². The zero-order valence-electron chi connectivity index (χ0n) is 19.4. The van der Waals surface area contributed by atoms with E-state index in [-0.39, 0.29) is 5.91 Å². The minimum atomic E-state index is -0.0557. The lowest BCUT2D eigenvalue weighted by atomic mass is 9.96. The number of rotatable bonds is 7.